The number of amides is 3. The Hall–Kier alpha value is -5.90. The van der Waals surface area contributed by atoms with Gasteiger partial charge in [0.25, 0.3) is 5.91 Å². The van der Waals surface area contributed by atoms with Crippen LogP contribution >= 0.6 is 0 Å². The molecular weight excluding hydrogens is 795 g/mol. The SMILES string of the molecule is Cc1cc2cc(n1)-c1cnn(C)c1OC[C@H]1CC[C@H](C1)Cn1c(nc3ccc(N4CC5(C4)CN(C4CCN(c6cc(F)c([C@H]7CCC(=O)NC7=O)c(F)c6)CC4)C5)cc31)NC2=O. The molecule has 8 heterocycles. The number of hydrogen-bond donors (Lipinski definition) is 2. The van der Waals surface area contributed by atoms with E-state index in [1.54, 1.807) is 23.0 Å². The first-order valence-electron chi connectivity index (χ1n) is 22.0. The fourth-order valence-corrected chi connectivity index (χ4v) is 11.2. The summed E-state index contributed by atoms with van der Waals surface area (Å²) in [5.74, 6) is -1.76. The van der Waals surface area contributed by atoms with Gasteiger partial charge < -0.3 is 19.1 Å². The largest absolute Gasteiger partial charge is 0.477 e. The second-order valence-electron chi connectivity index (χ2n) is 18.7. The Bertz CT molecular complexity index is 2620. The number of likely N-dealkylation sites (tertiary alicyclic amines) is 1. The zero-order valence-corrected chi connectivity index (χ0v) is 35.0. The number of benzene rings is 2. The van der Waals surface area contributed by atoms with Crippen LogP contribution in [0.25, 0.3) is 22.3 Å². The molecule has 5 aliphatic heterocycles. The minimum Gasteiger partial charge on any atom is -0.477 e. The molecule has 4 bridgehead atoms. The van der Waals surface area contributed by atoms with E-state index in [0.29, 0.717) is 66.3 Å². The topological polar surface area (TPSA) is 143 Å². The lowest BCUT2D eigenvalue weighted by atomic mass is 9.71. The van der Waals surface area contributed by atoms with E-state index in [4.69, 9.17) is 14.7 Å². The molecule has 14 nitrogen and oxygen atoms in total. The van der Waals surface area contributed by atoms with Crippen LogP contribution in [0, 0.1) is 35.8 Å². The summed E-state index contributed by atoms with van der Waals surface area (Å²) in [6, 6.07) is 13.1. The number of carbonyl (C=O) groups is 3. The number of anilines is 3. The average Bonchev–Trinajstić information content (AvgIpc) is 3.92. The summed E-state index contributed by atoms with van der Waals surface area (Å²) in [4.78, 5) is 54.6. The summed E-state index contributed by atoms with van der Waals surface area (Å²) >= 11 is 0. The van der Waals surface area contributed by atoms with Gasteiger partial charge in [0.2, 0.25) is 23.6 Å². The van der Waals surface area contributed by atoms with Crippen LogP contribution in [0.2, 0.25) is 0 Å². The van der Waals surface area contributed by atoms with E-state index in [0.717, 1.165) is 92.8 Å². The lowest BCUT2D eigenvalue weighted by Gasteiger charge is -2.63. The van der Waals surface area contributed by atoms with Crippen molar-refractivity contribution in [3.05, 3.63) is 77.1 Å². The quantitative estimate of drug-likeness (QED) is 0.214. The molecule has 0 radical (unpaired) electrons. The monoisotopic (exact) mass is 844 g/mol. The zero-order valence-electron chi connectivity index (χ0n) is 35.0. The summed E-state index contributed by atoms with van der Waals surface area (Å²) < 4.78 is 40.9. The number of pyridine rings is 1. The first kappa shape index (κ1) is 39.0. The van der Waals surface area contributed by atoms with Crippen molar-refractivity contribution in [3.63, 3.8) is 0 Å². The molecule has 16 heteroatoms. The van der Waals surface area contributed by atoms with E-state index in [1.807, 2.05) is 18.9 Å². The van der Waals surface area contributed by atoms with E-state index in [-0.39, 0.29) is 29.7 Å². The number of nitrogens with one attached hydrogen (secondary N) is 2. The molecule has 0 unspecified atom stereocenters. The molecule has 3 atom stereocenters. The number of imide groups is 1. The summed E-state index contributed by atoms with van der Waals surface area (Å²) in [5.41, 5.74) is 6.12. The predicted molar refractivity (Wildman–Crippen MR) is 228 cm³/mol. The molecule has 1 spiro atoms. The van der Waals surface area contributed by atoms with E-state index in [9.17, 15) is 14.4 Å². The number of fused-ring (bicyclic) bond motifs is 9. The van der Waals surface area contributed by atoms with Gasteiger partial charge in [-0.15, -0.1) is 0 Å². The second-order valence-corrected chi connectivity index (χ2v) is 18.7. The molecule has 1 saturated carbocycles. The Balaban J connectivity index is 0.754. The number of aromatic nitrogens is 5. The molecule has 1 aliphatic carbocycles. The van der Waals surface area contributed by atoms with E-state index in [1.165, 1.54) is 12.1 Å². The van der Waals surface area contributed by atoms with Gasteiger partial charge in [0.1, 0.15) is 11.6 Å². The number of aryl methyl sites for hydroxylation is 2. The predicted octanol–water partition coefficient (Wildman–Crippen LogP) is 5.79. The summed E-state index contributed by atoms with van der Waals surface area (Å²) in [5, 5.41) is 9.83. The van der Waals surface area contributed by atoms with Crippen molar-refractivity contribution < 1.29 is 27.9 Å². The maximum Gasteiger partial charge on any atom is 0.258 e. The minimum atomic E-state index is -1.00. The van der Waals surface area contributed by atoms with Crippen molar-refractivity contribution in [1.82, 2.24) is 34.5 Å². The van der Waals surface area contributed by atoms with E-state index in [2.05, 4.69) is 48.3 Å². The number of piperidine rings is 2. The van der Waals surface area contributed by atoms with E-state index < -0.39 is 29.4 Å². The van der Waals surface area contributed by atoms with Crippen molar-refractivity contribution in [2.45, 2.75) is 70.4 Å². The van der Waals surface area contributed by atoms with Gasteiger partial charge >= 0.3 is 0 Å². The van der Waals surface area contributed by atoms with Crippen LogP contribution in [0.15, 0.2) is 48.7 Å². The number of imidazole rings is 1. The van der Waals surface area contributed by atoms with Crippen molar-refractivity contribution in [2.24, 2.45) is 24.3 Å². The lowest BCUT2D eigenvalue weighted by Crippen LogP contribution is -2.74. The Kier molecular flexibility index (Phi) is 9.36. The number of carbonyl (C=O) groups excluding carboxylic acids is 3. The third kappa shape index (κ3) is 6.86. The van der Waals surface area contributed by atoms with Crippen molar-refractivity contribution in [1.29, 1.82) is 0 Å². The van der Waals surface area contributed by atoms with Crippen LogP contribution in [0.4, 0.5) is 26.1 Å². The highest BCUT2D eigenvalue weighted by Gasteiger charge is 2.53. The maximum absolute atomic E-state index is 15.3. The van der Waals surface area contributed by atoms with Gasteiger partial charge in [0.05, 0.1) is 41.0 Å². The van der Waals surface area contributed by atoms with Crippen LogP contribution in [0.1, 0.15) is 72.5 Å². The molecule has 2 aromatic carbocycles. The van der Waals surface area contributed by atoms with Crippen molar-refractivity contribution >= 4 is 46.1 Å². The second kappa shape index (κ2) is 14.9. The molecule has 3 aromatic heterocycles. The Morgan fingerprint density at radius 1 is 0.839 bits per heavy atom. The summed E-state index contributed by atoms with van der Waals surface area (Å²) in [6.07, 6.45) is 6.88. The van der Waals surface area contributed by atoms with Crippen molar-refractivity contribution in [2.75, 3.05) is 61.0 Å². The molecule has 6 aliphatic rings. The highest BCUT2D eigenvalue weighted by atomic mass is 19.1. The normalized spacial score (nSPS) is 24.1. The first-order chi connectivity index (χ1) is 30.0. The van der Waals surface area contributed by atoms with Gasteiger partial charge in [-0.1, -0.05) is 0 Å². The third-order valence-corrected chi connectivity index (χ3v) is 14.4. The van der Waals surface area contributed by atoms with Crippen LogP contribution in [0.3, 0.4) is 0 Å². The van der Waals surface area contributed by atoms with Gasteiger partial charge in [0.15, 0.2) is 0 Å². The highest BCUT2D eigenvalue weighted by molar-refractivity contribution is 6.05. The molecule has 11 rings (SSSR count). The van der Waals surface area contributed by atoms with Crippen LogP contribution < -0.4 is 25.2 Å². The fourth-order valence-electron chi connectivity index (χ4n) is 11.2. The van der Waals surface area contributed by atoms with E-state index >= 15 is 8.78 Å². The third-order valence-electron chi connectivity index (χ3n) is 14.4. The van der Waals surface area contributed by atoms with Crippen LogP contribution in [-0.4, -0.2) is 98.9 Å². The van der Waals surface area contributed by atoms with Gasteiger partial charge in [-0.05, 0) is 99.7 Å². The molecule has 62 heavy (non-hydrogen) atoms. The maximum atomic E-state index is 15.3. The Morgan fingerprint density at radius 3 is 2.39 bits per heavy atom. The smallest absolute Gasteiger partial charge is 0.258 e. The molecular formula is C46H50F2N10O4. The number of nitrogens with zero attached hydrogens (tertiary/aromatic N) is 8. The minimum absolute atomic E-state index is 0.0631. The van der Waals surface area contributed by atoms with Gasteiger partial charge in [-0.25, -0.2) is 18.4 Å². The number of hydrogen-bond acceptors (Lipinski definition) is 10. The molecule has 5 fully saturated rings. The molecule has 5 aromatic rings. The average molecular weight is 845 g/mol. The standard InChI is InChI=1S/C46H50F2N10O4/c1-26-13-29-15-38(50-26)34-19-49-54(2)44(34)62-21-28-4-3-27(14-28)20-58-39-18-31(5-7-37(39)51-45(58)53-42(29)60)57-24-46(25-57)22-56(23-46)30-9-11-55(12-10-30)32-16-35(47)41(36(48)17-32)33-6-8-40(59)52-43(33)61/h5,7,13,15-19,27-28,30,33H,3-4,6,8-12,14,20-25H2,1-2H3,(H,51,53,60)(H,52,59,61)/t27-,28+,33-/m1/s1. The van der Waals surface area contributed by atoms with Gasteiger partial charge in [-0.2, -0.15) is 5.10 Å². The lowest BCUT2D eigenvalue weighted by molar-refractivity contribution is -0.134. The number of rotatable bonds is 4. The summed E-state index contributed by atoms with van der Waals surface area (Å²) in [7, 11) is 1.87. The Morgan fingerprint density at radius 2 is 1.61 bits per heavy atom. The number of ether oxygens (including phenoxy) is 1. The van der Waals surface area contributed by atoms with Crippen LogP contribution in [-0.2, 0) is 23.2 Å². The summed E-state index contributed by atoms with van der Waals surface area (Å²) in [6.45, 7) is 8.60. The molecule has 2 N–H and O–H groups in total. The number of halogens is 2. The van der Waals surface area contributed by atoms with Gasteiger partial charge in [0, 0.05) is 98.9 Å². The van der Waals surface area contributed by atoms with Crippen LogP contribution in [0.5, 0.6) is 5.88 Å². The zero-order chi connectivity index (χ0) is 42.4. The Labute approximate surface area is 357 Å². The molecule has 4 saturated heterocycles. The highest BCUT2D eigenvalue weighted by Crippen LogP contribution is 2.45. The fraction of sp³-hybridized carbons (Fsp3) is 0.478. The van der Waals surface area contributed by atoms with Crippen molar-refractivity contribution in [3.8, 4) is 17.1 Å². The first-order valence-corrected chi connectivity index (χ1v) is 22.0. The van der Waals surface area contributed by atoms with Gasteiger partial charge in [-0.3, -0.25) is 34.9 Å². The molecule has 322 valence electrons. The molecule has 3 amide bonds.